The van der Waals surface area contributed by atoms with E-state index >= 15 is 0 Å². The van der Waals surface area contributed by atoms with E-state index in [0.29, 0.717) is 23.1 Å². The van der Waals surface area contributed by atoms with Gasteiger partial charge < -0.3 is 25.5 Å². The zero-order valence-corrected chi connectivity index (χ0v) is 25.9. The van der Waals surface area contributed by atoms with Gasteiger partial charge in [-0.2, -0.15) is 4.98 Å². The van der Waals surface area contributed by atoms with Gasteiger partial charge in [-0.3, -0.25) is 9.36 Å². The van der Waals surface area contributed by atoms with Crippen LogP contribution in [0.5, 0.6) is 0 Å². The molecule has 1 aromatic carbocycles. The Morgan fingerprint density at radius 2 is 1.67 bits per heavy atom. The predicted molar refractivity (Wildman–Crippen MR) is 172 cm³/mol. The van der Waals surface area contributed by atoms with Gasteiger partial charge in [0.25, 0.3) is 0 Å². The first kappa shape index (κ1) is 33.0. The van der Waals surface area contributed by atoms with Crippen molar-refractivity contribution in [1.82, 2.24) is 29.3 Å². The summed E-state index contributed by atoms with van der Waals surface area (Å²) in [5.41, 5.74) is 0.638. The molecule has 3 aromatic rings. The van der Waals surface area contributed by atoms with Gasteiger partial charge in [0.15, 0.2) is 5.65 Å². The predicted octanol–water partition coefficient (Wildman–Crippen LogP) is 5.73. The molecular weight excluding hydrogens is 578 g/mol. The van der Waals surface area contributed by atoms with Gasteiger partial charge in [0.1, 0.15) is 17.2 Å². The molecular formula is C33H48F2N8O2. The number of hydrogen-bond donors (Lipinski definition) is 3. The Kier molecular flexibility index (Phi) is 9.93. The van der Waals surface area contributed by atoms with Crippen molar-refractivity contribution in [2.75, 3.05) is 43.9 Å². The van der Waals surface area contributed by atoms with E-state index in [1.54, 1.807) is 6.20 Å². The fourth-order valence-electron chi connectivity index (χ4n) is 7.10. The van der Waals surface area contributed by atoms with Gasteiger partial charge in [-0.05, 0) is 90.3 Å². The highest BCUT2D eigenvalue weighted by Crippen LogP contribution is 2.38. The number of likely N-dealkylation sites (N-methyl/N-ethyl adjacent to an activating group) is 1. The van der Waals surface area contributed by atoms with E-state index in [1.165, 1.54) is 12.1 Å². The van der Waals surface area contributed by atoms with Crippen molar-refractivity contribution in [2.45, 2.75) is 90.3 Å². The smallest absolute Gasteiger partial charge is 0.225 e. The van der Waals surface area contributed by atoms with Crippen molar-refractivity contribution in [3.05, 3.63) is 36.0 Å². The first-order chi connectivity index (χ1) is 21.0. The molecule has 1 amide bonds. The van der Waals surface area contributed by atoms with Crippen LogP contribution in [0.2, 0.25) is 0 Å². The summed E-state index contributed by atoms with van der Waals surface area (Å²) in [5.74, 6) is 0.0563. The molecule has 0 spiro atoms. The Morgan fingerprint density at radius 3 is 2.31 bits per heavy atom. The molecule has 1 saturated heterocycles. The second kappa shape index (κ2) is 13.5. The number of hydrogen-bond acceptors (Lipinski definition) is 8. The third-order valence-corrected chi connectivity index (χ3v) is 9.90. The van der Waals surface area contributed by atoms with Crippen LogP contribution in [0.1, 0.15) is 78.7 Å². The molecule has 2 aromatic heterocycles. The monoisotopic (exact) mass is 626 g/mol. The molecule has 0 unspecified atom stereocenters. The Balaban J connectivity index is 0.00000400. The summed E-state index contributed by atoms with van der Waals surface area (Å²) in [6, 6.07) is 3.61. The number of benzene rings is 1. The minimum Gasteiger partial charge on any atom is -0.390 e. The maximum Gasteiger partial charge on any atom is 0.225 e. The summed E-state index contributed by atoms with van der Waals surface area (Å²) < 4.78 is 30.3. The molecule has 0 bridgehead atoms. The molecule has 3 aliphatic rings. The van der Waals surface area contributed by atoms with Crippen LogP contribution in [-0.2, 0) is 4.79 Å². The molecule has 1 aliphatic heterocycles. The van der Waals surface area contributed by atoms with Gasteiger partial charge in [0.2, 0.25) is 17.8 Å². The molecule has 3 heterocycles. The van der Waals surface area contributed by atoms with E-state index < -0.39 is 17.2 Å². The fraction of sp³-hybridized carbons (Fsp3) is 0.636. The Bertz CT molecular complexity index is 1470. The molecule has 45 heavy (non-hydrogen) atoms. The summed E-state index contributed by atoms with van der Waals surface area (Å²) in [5, 5.41) is 17.0. The lowest BCUT2D eigenvalue weighted by Crippen LogP contribution is -2.49. The number of nitrogens with one attached hydrogen (secondary N) is 2. The molecule has 0 radical (unpaired) electrons. The van der Waals surface area contributed by atoms with Crippen molar-refractivity contribution < 1.29 is 18.7 Å². The molecule has 3 fully saturated rings. The summed E-state index contributed by atoms with van der Waals surface area (Å²) >= 11 is 0. The number of carbonyl (C=O) groups excluding carboxylic acids is 1. The molecule has 6 rings (SSSR count). The summed E-state index contributed by atoms with van der Waals surface area (Å²) in [7, 11) is 2.08. The quantitative estimate of drug-likeness (QED) is 0.305. The normalized spacial score (nSPS) is 24.7. The van der Waals surface area contributed by atoms with Crippen LogP contribution >= 0.6 is 0 Å². The van der Waals surface area contributed by atoms with E-state index in [1.807, 2.05) is 23.3 Å². The van der Waals surface area contributed by atoms with Crippen molar-refractivity contribution in [1.29, 1.82) is 0 Å². The third kappa shape index (κ3) is 7.38. The van der Waals surface area contributed by atoms with Crippen LogP contribution < -0.4 is 10.6 Å². The number of imidazole rings is 1. The van der Waals surface area contributed by atoms with Gasteiger partial charge in [-0.15, -0.1) is 0 Å². The standard InChI is InChI=1S/C32H44F2N8O2.CH4/c1-32(2,44)21-6-9-23(10-7-21)36-30-35-19-27-28(39-30)42(31(38-27)37-26-13-8-22(33)18-25(26)34)24-11-4-20(5-12-24)29(43)41-16-14-40(3)15-17-41;/h8,13,18-21,23-24,44H,4-7,9-12,14-17H2,1-3H3,(H,37,38)(H,35,36,39);1H4. The Labute approximate surface area is 264 Å². The lowest BCUT2D eigenvalue weighted by molar-refractivity contribution is -0.138. The largest absolute Gasteiger partial charge is 0.390 e. The fourth-order valence-corrected chi connectivity index (χ4v) is 7.10. The maximum absolute atomic E-state index is 14.7. The zero-order valence-electron chi connectivity index (χ0n) is 25.9. The van der Waals surface area contributed by atoms with Crippen LogP contribution in [0.15, 0.2) is 24.4 Å². The maximum atomic E-state index is 14.7. The van der Waals surface area contributed by atoms with E-state index in [9.17, 15) is 18.7 Å². The number of aliphatic hydroxyl groups is 1. The highest BCUT2D eigenvalue weighted by molar-refractivity contribution is 5.79. The topological polar surface area (TPSA) is 111 Å². The van der Waals surface area contributed by atoms with E-state index in [0.717, 1.165) is 83.6 Å². The number of aromatic nitrogens is 4. The van der Waals surface area contributed by atoms with Gasteiger partial charge in [-0.25, -0.2) is 18.7 Å². The van der Waals surface area contributed by atoms with Crippen LogP contribution in [0.4, 0.5) is 26.4 Å². The van der Waals surface area contributed by atoms with Gasteiger partial charge in [0, 0.05) is 50.2 Å². The molecule has 0 atom stereocenters. The molecule has 3 N–H and O–H groups in total. The number of fused-ring (bicyclic) bond motifs is 1. The average molecular weight is 627 g/mol. The highest BCUT2D eigenvalue weighted by atomic mass is 19.1. The van der Waals surface area contributed by atoms with E-state index in [-0.39, 0.29) is 42.9 Å². The second-order valence-corrected chi connectivity index (χ2v) is 13.4. The number of nitrogens with zero attached hydrogens (tertiary/aromatic N) is 6. The highest BCUT2D eigenvalue weighted by Gasteiger charge is 2.34. The Morgan fingerprint density at radius 1 is 0.978 bits per heavy atom. The van der Waals surface area contributed by atoms with Crippen LogP contribution in [0, 0.1) is 23.5 Å². The average Bonchev–Trinajstić information content (AvgIpc) is 3.35. The number of anilines is 3. The number of halogens is 2. The van der Waals surface area contributed by atoms with Crippen LogP contribution in [-0.4, -0.2) is 85.2 Å². The van der Waals surface area contributed by atoms with Crippen molar-refractivity contribution in [3.63, 3.8) is 0 Å². The zero-order chi connectivity index (χ0) is 31.0. The van der Waals surface area contributed by atoms with Crippen molar-refractivity contribution in [2.24, 2.45) is 11.8 Å². The first-order valence-electron chi connectivity index (χ1n) is 16.0. The molecule has 10 nitrogen and oxygen atoms in total. The number of rotatable bonds is 7. The van der Waals surface area contributed by atoms with Gasteiger partial charge in [0.05, 0.1) is 17.5 Å². The minimum absolute atomic E-state index is 0. The molecule has 12 heteroatoms. The van der Waals surface area contributed by atoms with Gasteiger partial charge in [-0.1, -0.05) is 7.43 Å². The molecule has 2 saturated carbocycles. The lowest BCUT2D eigenvalue weighted by atomic mass is 9.77. The molecule has 246 valence electrons. The second-order valence-electron chi connectivity index (χ2n) is 13.4. The summed E-state index contributed by atoms with van der Waals surface area (Å²) in [6.07, 6.45) is 8.37. The SMILES string of the molecule is C.CN1CCN(C(=O)C2CCC(n3c(Nc4ccc(F)cc4F)nc4cnc(NC5CCC(C(C)(C)O)CC5)nc43)CC2)CC1. The Hall–Kier alpha value is -3.38. The van der Waals surface area contributed by atoms with E-state index in [2.05, 4.69) is 27.6 Å². The third-order valence-electron chi connectivity index (χ3n) is 9.90. The van der Waals surface area contributed by atoms with Crippen LogP contribution in [0.3, 0.4) is 0 Å². The number of carbonyl (C=O) groups is 1. The van der Waals surface area contributed by atoms with Crippen molar-refractivity contribution >= 4 is 34.7 Å². The lowest BCUT2D eigenvalue weighted by Gasteiger charge is -2.37. The van der Waals surface area contributed by atoms with E-state index in [4.69, 9.17) is 9.97 Å². The first-order valence-corrected chi connectivity index (χ1v) is 16.0. The van der Waals surface area contributed by atoms with Crippen LogP contribution in [0.25, 0.3) is 11.2 Å². The minimum atomic E-state index is -0.708. The van der Waals surface area contributed by atoms with Gasteiger partial charge >= 0.3 is 0 Å². The molecule has 2 aliphatic carbocycles. The van der Waals surface area contributed by atoms with Crippen molar-refractivity contribution in [3.8, 4) is 0 Å². The summed E-state index contributed by atoms with van der Waals surface area (Å²) in [4.78, 5) is 31.7. The number of amides is 1. The summed E-state index contributed by atoms with van der Waals surface area (Å²) in [6.45, 7) is 7.09. The number of piperazine rings is 1.